The summed E-state index contributed by atoms with van der Waals surface area (Å²) in [4.78, 5) is 2.68. The maximum Gasteiger partial charge on any atom is 0.00965 e. The van der Waals surface area contributed by atoms with Gasteiger partial charge in [0.1, 0.15) is 0 Å². The number of piperidine rings is 1. The molecule has 120 valence electrons. The van der Waals surface area contributed by atoms with Crippen LogP contribution in [0.4, 0.5) is 0 Å². The van der Waals surface area contributed by atoms with Gasteiger partial charge in [-0.3, -0.25) is 0 Å². The Balaban J connectivity index is 2.02. The van der Waals surface area contributed by atoms with Crippen LogP contribution in [0.1, 0.15) is 73.6 Å². The van der Waals surface area contributed by atoms with E-state index < -0.39 is 0 Å². The fourth-order valence-electron chi connectivity index (χ4n) is 3.12. The minimum atomic E-state index is 0.273. The molecule has 2 heteroatoms. The molecule has 0 amide bonds. The number of nitrogens with zero attached hydrogens (tertiary/aromatic N) is 1. The van der Waals surface area contributed by atoms with E-state index in [1.165, 1.54) is 51.7 Å². The van der Waals surface area contributed by atoms with Gasteiger partial charge >= 0.3 is 0 Å². The van der Waals surface area contributed by atoms with Gasteiger partial charge in [0.25, 0.3) is 0 Å². The van der Waals surface area contributed by atoms with E-state index in [-0.39, 0.29) is 5.54 Å². The Bertz CT molecular complexity index is 252. The molecular weight excluding hydrogens is 244 g/mol. The van der Waals surface area contributed by atoms with E-state index in [4.69, 9.17) is 0 Å². The predicted octanol–water partition coefficient (Wildman–Crippen LogP) is 4.30. The van der Waals surface area contributed by atoms with Crippen LogP contribution in [-0.2, 0) is 0 Å². The van der Waals surface area contributed by atoms with Crippen molar-refractivity contribution in [1.29, 1.82) is 0 Å². The average molecular weight is 283 g/mol. The van der Waals surface area contributed by atoms with E-state index in [0.717, 1.165) is 12.5 Å². The highest BCUT2D eigenvalue weighted by atomic mass is 15.1. The zero-order valence-electron chi connectivity index (χ0n) is 14.9. The summed E-state index contributed by atoms with van der Waals surface area (Å²) >= 11 is 0. The lowest BCUT2D eigenvalue weighted by Crippen LogP contribution is -2.38. The van der Waals surface area contributed by atoms with Gasteiger partial charge < -0.3 is 10.2 Å². The van der Waals surface area contributed by atoms with Gasteiger partial charge in [-0.05, 0) is 84.0 Å². The van der Waals surface area contributed by atoms with Gasteiger partial charge in [-0.25, -0.2) is 0 Å². The van der Waals surface area contributed by atoms with Gasteiger partial charge in [0.15, 0.2) is 0 Å². The van der Waals surface area contributed by atoms with Crippen LogP contribution >= 0.6 is 0 Å². The second-order valence-corrected chi connectivity index (χ2v) is 8.72. The molecule has 0 atom stereocenters. The van der Waals surface area contributed by atoms with Gasteiger partial charge in [0.05, 0.1) is 0 Å². The summed E-state index contributed by atoms with van der Waals surface area (Å²) in [5.41, 5.74) is 0.777. The first-order valence-corrected chi connectivity index (χ1v) is 8.66. The molecule has 0 aromatic rings. The minimum Gasteiger partial charge on any atom is -0.312 e. The number of hydrogen-bond donors (Lipinski definition) is 1. The predicted molar refractivity (Wildman–Crippen MR) is 90.2 cm³/mol. The van der Waals surface area contributed by atoms with Crippen LogP contribution in [0.2, 0.25) is 0 Å². The molecule has 0 unspecified atom stereocenters. The molecule has 1 aliphatic rings. The van der Waals surface area contributed by atoms with Crippen molar-refractivity contribution in [3.05, 3.63) is 0 Å². The molecule has 0 radical (unpaired) electrons. The molecule has 0 saturated carbocycles. The lowest BCUT2D eigenvalue weighted by Gasteiger charge is -2.38. The van der Waals surface area contributed by atoms with Crippen molar-refractivity contribution in [2.75, 3.05) is 26.2 Å². The van der Waals surface area contributed by atoms with Crippen molar-refractivity contribution in [3.63, 3.8) is 0 Å². The smallest absolute Gasteiger partial charge is 0.00965 e. The van der Waals surface area contributed by atoms with E-state index in [2.05, 4.69) is 51.8 Å². The van der Waals surface area contributed by atoms with Gasteiger partial charge in [-0.15, -0.1) is 0 Å². The normalized spacial score (nSPS) is 19.5. The second kappa shape index (κ2) is 7.79. The van der Waals surface area contributed by atoms with E-state index in [9.17, 15) is 0 Å². The molecule has 1 fully saturated rings. The first kappa shape index (κ1) is 18.0. The third-order valence-electron chi connectivity index (χ3n) is 4.62. The zero-order chi connectivity index (χ0) is 15.2. The molecule has 0 aromatic heterocycles. The molecule has 0 aliphatic carbocycles. The van der Waals surface area contributed by atoms with Crippen molar-refractivity contribution >= 4 is 0 Å². The molecule has 1 aliphatic heterocycles. The number of hydrogen-bond acceptors (Lipinski definition) is 2. The number of rotatable bonds is 6. The third-order valence-corrected chi connectivity index (χ3v) is 4.62. The van der Waals surface area contributed by atoms with Gasteiger partial charge in [-0.1, -0.05) is 27.2 Å². The van der Waals surface area contributed by atoms with Crippen LogP contribution in [0, 0.1) is 11.3 Å². The van der Waals surface area contributed by atoms with E-state index >= 15 is 0 Å². The lowest BCUT2D eigenvalue weighted by molar-refractivity contribution is 0.111. The lowest BCUT2D eigenvalue weighted by atomic mass is 9.75. The van der Waals surface area contributed by atoms with E-state index in [0.29, 0.717) is 5.41 Å². The molecule has 20 heavy (non-hydrogen) atoms. The molecule has 1 heterocycles. The van der Waals surface area contributed by atoms with Crippen LogP contribution in [-0.4, -0.2) is 36.6 Å². The molecule has 2 nitrogen and oxygen atoms in total. The summed E-state index contributed by atoms with van der Waals surface area (Å²) in [5, 5.41) is 3.57. The van der Waals surface area contributed by atoms with E-state index in [1.54, 1.807) is 0 Å². The maximum atomic E-state index is 3.57. The van der Waals surface area contributed by atoms with Crippen LogP contribution in [0.25, 0.3) is 0 Å². The average Bonchev–Trinajstić information content (AvgIpc) is 2.32. The van der Waals surface area contributed by atoms with Crippen molar-refractivity contribution in [2.24, 2.45) is 11.3 Å². The van der Waals surface area contributed by atoms with Crippen LogP contribution in [0.15, 0.2) is 0 Å². The molecule has 0 aromatic carbocycles. The standard InChI is InChI=1S/C18H38N2/c1-17(2,3)16-10-14-20(15-11-16)13-9-7-8-12-19-18(4,5)6/h16,19H,7-15H2,1-6H3. The number of nitrogens with one attached hydrogen (secondary N) is 1. The third kappa shape index (κ3) is 7.64. The SMILES string of the molecule is CC(C)(C)NCCCCCN1CCC(C(C)(C)C)CC1. The van der Waals surface area contributed by atoms with Crippen molar-refractivity contribution in [3.8, 4) is 0 Å². The molecular formula is C18H38N2. The maximum absolute atomic E-state index is 3.57. The topological polar surface area (TPSA) is 15.3 Å². The Hall–Kier alpha value is -0.0800. The largest absolute Gasteiger partial charge is 0.312 e. The van der Waals surface area contributed by atoms with Crippen LogP contribution < -0.4 is 5.32 Å². The Morgan fingerprint density at radius 3 is 2.00 bits per heavy atom. The first-order valence-electron chi connectivity index (χ1n) is 8.66. The quantitative estimate of drug-likeness (QED) is 0.731. The zero-order valence-corrected chi connectivity index (χ0v) is 14.9. The number of likely N-dealkylation sites (tertiary alicyclic amines) is 1. The Kier molecular flexibility index (Phi) is 7.00. The van der Waals surface area contributed by atoms with Crippen molar-refractivity contribution < 1.29 is 0 Å². The summed E-state index contributed by atoms with van der Waals surface area (Å²) in [5.74, 6) is 0.926. The van der Waals surface area contributed by atoms with Crippen LogP contribution in [0.3, 0.4) is 0 Å². The molecule has 1 saturated heterocycles. The Labute approximate surface area is 127 Å². The van der Waals surface area contributed by atoms with Crippen molar-refractivity contribution in [2.45, 2.75) is 79.2 Å². The highest BCUT2D eigenvalue weighted by Gasteiger charge is 2.28. The molecule has 1 rings (SSSR count). The fourth-order valence-corrected chi connectivity index (χ4v) is 3.12. The van der Waals surface area contributed by atoms with Crippen molar-refractivity contribution in [1.82, 2.24) is 10.2 Å². The summed E-state index contributed by atoms with van der Waals surface area (Å²) in [6.07, 6.45) is 6.84. The van der Waals surface area contributed by atoms with Gasteiger partial charge in [0, 0.05) is 5.54 Å². The fraction of sp³-hybridized carbons (Fsp3) is 1.00. The second-order valence-electron chi connectivity index (χ2n) is 8.72. The minimum absolute atomic E-state index is 0.273. The summed E-state index contributed by atoms with van der Waals surface area (Å²) < 4.78 is 0. The first-order chi connectivity index (χ1) is 9.18. The molecule has 0 bridgehead atoms. The highest BCUT2D eigenvalue weighted by Crippen LogP contribution is 2.34. The number of unbranched alkanes of at least 4 members (excludes halogenated alkanes) is 2. The molecule has 1 N–H and O–H groups in total. The summed E-state index contributed by atoms with van der Waals surface area (Å²) in [6, 6.07) is 0. The van der Waals surface area contributed by atoms with Crippen LogP contribution in [0.5, 0.6) is 0 Å². The molecule has 0 spiro atoms. The van der Waals surface area contributed by atoms with E-state index in [1.807, 2.05) is 0 Å². The Morgan fingerprint density at radius 2 is 1.50 bits per heavy atom. The Morgan fingerprint density at radius 1 is 0.900 bits per heavy atom. The van der Waals surface area contributed by atoms with Gasteiger partial charge in [0.2, 0.25) is 0 Å². The summed E-state index contributed by atoms with van der Waals surface area (Å²) in [6.45, 7) is 19.0. The van der Waals surface area contributed by atoms with Gasteiger partial charge in [-0.2, -0.15) is 0 Å². The highest BCUT2D eigenvalue weighted by molar-refractivity contribution is 4.80. The monoisotopic (exact) mass is 282 g/mol. The summed E-state index contributed by atoms with van der Waals surface area (Å²) in [7, 11) is 0.